The van der Waals surface area contributed by atoms with Crippen LogP contribution in [0.1, 0.15) is 38.1 Å². The summed E-state index contributed by atoms with van der Waals surface area (Å²) in [6.45, 7) is 6.64. The average Bonchev–Trinajstić information content (AvgIpc) is 3.17. The lowest BCUT2D eigenvalue weighted by atomic mass is 9.98. The van der Waals surface area contributed by atoms with E-state index >= 15 is 0 Å². The molecule has 0 bridgehead atoms. The Kier molecular flexibility index (Phi) is 5.23. The second-order valence-electron chi connectivity index (χ2n) is 7.30. The smallest absolute Gasteiger partial charge is 0.258 e. The van der Waals surface area contributed by atoms with E-state index in [0.29, 0.717) is 5.92 Å². The number of hydrogen-bond donors (Lipinski definition) is 1. The van der Waals surface area contributed by atoms with Crippen LogP contribution in [0.4, 0.5) is 0 Å². The summed E-state index contributed by atoms with van der Waals surface area (Å²) in [5, 5.41) is 5.07. The van der Waals surface area contributed by atoms with Crippen molar-refractivity contribution in [2.75, 3.05) is 0 Å². The zero-order valence-electron chi connectivity index (χ0n) is 15.0. The summed E-state index contributed by atoms with van der Waals surface area (Å²) in [7, 11) is -2.93. The summed E-state index contributed by atoms with van der Waals surface area (Å²) in [6, 6.07) is 20.4. The molecular formula is C21H25NOSSi. The molecule has 1 unspecified atom stereocenters. The molecule has 1 heterocycles. The van der Waals surface area contributed by atoms with E-state index in [1.165, 1.54) is 0 Å². The third-order valence-electron chi connectivity index (χ3n) is 5.05. The van der Waals surface area contributed by atoms with Crippen LogP contribution in [0.2, 0.25) is 5.04 Å². The van der Waals surface area contributed by atoms with Crippen molar-refractivity contribution in [3.8, 4) is 0 Å². The van der Waals surface area contributed by atoms with Crippen molar-refractivity contribution in [1.29, 1.82) is 0 Å². The molecule has 0 radical (unpaired) electrons. The van der Waals surface area contributed by atoms with E-state index in [4.69, 9.17) is 0 Å². The molecule has 1 N–H and O–H groups in total. The lowest BCUT2D eigenvalue weighted by Crippen LogP contribution is -2.65. The Balaban J connectivity index is 2.04. The zero-order chi connectivity index (χ0) is 17.9. The van der Waals surface area contributed by atoms with Crippen LogP contribution in [0.15, 0.2) is 72.2 Å². The normalized spacial score (nSPS) is 13.6. The van der Waals surface area contributed by atoms with Gasteiger partial charge in [-0.3, -0.25) is 0 Å². The quantitative estimate of drug-likeness (QED) is 0.663. The van der Waals surface area contributed by atoms with Crippen molar-refractivity contribution < 1.29 is 4.80 Å². The van der Waals surface area contributed by atoms with Gasteiger partial charge in [0.15, 0.2) is 0 Å². The van der Waals surface area contributed by atoms with E-state index in [2.05, 4.69) is 50.0 Å². The van der Waals surface area contributed by atoms with Crippen molar-refractivity contribution >= 4 is 30.0 Å². The van der Waals surface area contributed by atoms with E-state index in [9.17, 15) is 4.80 Å². The van der Waals surface area contributed by atoms with Gasteiger partial charge in [0.25, 0.3) is 8.32 Å². The minimum Gasteiger partial charge on any atom is -0.424 e. The molecule has 1 atom stereocenters. The number of aromatic nitrogens is 1. The minimum absolute atomic E-state index is 0.235. The van der Waals surface area contributed by atoms with Crippen molar-refractivity contribution in [3.05, 3.63) is 77.2 Å². The summed E-state index contributed by atoms with van der Waals surface area (Å²) in [5.41, 5.74) is 0. The predicted octanol–water partition coefficient (Wildman–Crippen LogP) is 4.17. The maximum absolute atomic E-state index is 12.2. The van der Waals surface area contributed by atoms with Crippen molar-refractivity contribution in [2.24, 2.45) is 0 Å². The summed E-state index contributed by atoms with van der Waals surface area (Å²) in [4.78, 5) is 16.6. The van der Waals surface area contributed by atoms with Crippen LogP contribution in [0.3, 0.4) is 0 Å². The van der Waals surface area contributed by atoms with Crippen molar-refractivity contribution in [3.63, 3.8) is 0 Å². The summed E-state index contributed by atoms with van der Waals surface area (Å²) in [6.07, 6.45) is 2.76. The third-order valence-corrected chi connectivity index (χ3v) is 10.6. The van der Waals surface area contributed by atoms with Crippen LogP contribution in [0.5, 0.6) is 0 Å². The topological polar surface area (TPSA) is 33.1 Å². The number of nitrogens with zero attached hydrogens (tertiary/aromatic N) is 1. The predicted molar refractivity (Wildman–Crippen MR) is 109 cm³/mol. The molecule has 3 aromatic rings. The van der Waals surface area contributed by atoms with E-state index in [1.54, 1.807) is 11.3 Å². The molecular weight excluding hydrogens is 342 g/mol. The number of thiazole rings is 1. The molecule has 25 heavy (non-hydrogen) atoms. The first-order chi connectivity index (χ1) is 11.9. The third kappa shape index (κ3) is 3.47. The van der Waals surface area contributed by atoms with E-state index < -0.39 is 8.32 Å². The largest absolute Gasteiger partial charge is 0.424 e. The van der Waals surface area contributed by atoms with Crippen LogP contribution in [0.25, 0.3) is 0 Å². The fourth-order valence-electron chi connectivity index (χ4n) is 3.79. The highest BCUT2D eigenvalue weighted by atomic mass is 32.1. The molecule has 2 aromatic carbocycles. The van der Waals surface area contributed by atoms with Crippen molar-refractivity contribution in [2.45, 2.75) is 38.1 Å². The summed E-state index contributed by atoms with van der Waals surface area (Å²) in [5.74, 6) is 0.321. The monoisotopic (exact) mass is 367 g/mol. The Hall–Kier alpha value is -1.75. The molecule has 130 valence electrons. The van der Waals surface area contributed by atoms with Crippen LogP contribution in [-0.4, -0.2) is 18.1 Å². The summed E-state index contributed by atoms with van der Waals surface area (Å²) >= 11 is 1.70. The van der Waals surface area contributed by atoms with Gasteiger partial charge in [-0.2, -0.15) is 0 Å². The number of benzene rings is 2. The number of hydrogen-bond acceptors (Lipinski definition) is 3. The first-order valence-corrected chi connectivity index (χ1v) is 11.5. The molecule has 0 aliphatic heterocycles. The van der Waals surface area contributed by atoms with Crippen LogP contribution in [0, 0.1) is 0 Å². The molecule has 0 saturated carbocycles. The molecule has 4 heteroatoms. The molecule has 3 rings (SSSR count). The molecule has 0 saturated heterocycles. The van der Waals surface area contributed by atoms with Gasteiger partial charge < -0.3 is 4.80 Å². The molecule has 2 nitrogen and oxygen atoms in total. The van der Waals surface area contributed by atoms with Gasteiger partial charge in [-0.15, -0.1) is 11.3 Å². The Morgan fingerprint density at radius 2 is 1.52 bits per heavy atom. The first kappa shape index (κ1) is 18.1. The second kappa shape index (κ2) is 7.24. The maximum Gasteiger partial charge on any atom is 0.258 e. The molecule has 0 spiro atoms. The second-order valence-corrected chi connectivity index (χ2v) is 12.2. The highest BCUT2D eigenvalue weighted by Crippen LogP contribution is 2.44. The van der Waals surface area contributed by atoms with Gasteiger partial charge in [-0.1, -0.05) is 81.4 Å². The van der Waals surface area contributed by atoms with Gasteiger partial charge in [-0.25, -0.2) is 4.98 Å². The van der Waals surface area contributed by atoms with Crippen LogP contribution in [-0.2, 0) is 0 Å². The lowest BCUT2D eigenvalue weighted by Gasteiger charge is -2.42. The molecule has 0 aliphatic rings. The lowest BCUT2D eigenvalue weighted by molar-refractivity contribution is 0.443. The Labute approximate surface area is 155 Å². The van der Waals surface area contributed by atoms with E-state index in [1.807, 2.05) is 48.0 Å². The Bertz CT molecular complexity index is 748. The Morgan fingerprint density at radius 3 is 1.96 bits per heavy atom. The summed E-state index contributed by atoms with van der Waals surface area (Å²) < 4.78 is 0. The molecule has 0 amide bonds. The minimum atomic E-state index is -2.93. The fraction of sp³-hybridized carbons (Fsp3) is 0.286. The number of rotatable bonds is 6. The van der Waals surface area contributed by atoms with E-state index in [-0.39, 0.29) is 5.04 Å². The molecule has 0 aliphatic carbocycles. The van der Waals surface area contributed by atoms with Crippen LogP contribution >= 0.6 is 11.3 Å². The average molecular weight is 368 g/mol. The van der Waals surface area contributed by atoms with Gasteiger partial charge >= 0.3 is 0 Å². The first-order valence-electron chi connectivity index (χ1n) is 8.68. The van der Waals surface area contributed by atoms with Gasteiger partial charge in [-0.05, 0) is 21.8 Å². The van der Waals surface area contributed by atoms with Crippen molar-refractivity contribution in [1.82, 2.24) is 4.98 Å². The standard InChI is InChI=1S/C21H25NOSSi/c1-17(20-22-14-15-24-20)16-21(2,3)25(23,18-10-6-4-7-11-18)19-12-8-5-9-13-19/h4-15,17,23H,16H2,1-3H3. The Morgan fingerprint density at radius 1 is 1.00 bits per heavy atom. The highest BCUT2D eigenvalue weighted by molar-refractivity contribution is 7.09. The molecule has 1 aromatic heterocycles. The van der Waals surface area contributed by atoms with Gasteiger partial charge in [0.05, 0.1) is 5.01 Å². The van der Waals surface area contributed by atoms with Gasteiger partial charge in [0.2, 0.25) is 0 Å². The molecule has 0 fully saturated rings. The van der Waals surface area contributed by atoms with Gasteiger partial charge in [0, 0.05) is 17.5 Å². The van der Waals surface area contributed by atoms with Crippen LogP contribution < -0.4 is 10.4 Å². The van der Waals surface area contributed by atoms with E-state index in [0.717, 1.165) is 21.8 Å². The fourth-order valence-corrected chi connectivity index (χ4v) is 8.33. The zero-order valence-corrected chi connectivity index (χ0v) is 16.8. The SMILES string of the molecule is CC(CC(C)(C)[Si](O)(c1ccccc1)c1ccccc1)c1nccs1. The van der Waals surface area contributed by atoms with Gasteiger partial charge in [0.1, 0.15) is 0 Å². The highest BCUT2D eigenvalue weighted by Gasteiger charge is 2.50. The maximum atomic E-state index is 12.2.